The lowest BCUT2D eigenvalue weighted by molar-refractivity contribution is -0.140. The van der Waals surface area contributed by atoms with E-state index in [2.05, 4.69) is 0 Å². The van der Waals surface area contributed by atoms with Crippen molar-refractivity contribution in [3.8, 4) is 0 Å². The second-order valence-corrected chi connectivity index (χ2v) is 7.20. The fourth-order valence-electron chi connectivity index (χ4n) is 3.25. The van der Waals surface area contributed by atoms with Crippen LogP contribution in [-0.4, -0.2) is 47.8 Å². The topological polar surface area (TPSA) is 40.6 Å². The standard InChI is InChI=1S/C16H28N2O2/c1-16(2,3)15(20)18-10-6-9-17(11-12-18)14(19)13-7-4-5-8-13/h13H,4-12H2,1-3H3. The molecule has 0 spiro atoms. The minimum absolute atomic E-state index is 0.202. The van der Waals surface area contributed by atoms with Crippen molar-refractivity contribution < 1.29 is 9.59 Å². The first-order valence-electron chi connectivity index (χ1n) is 7.98. The second kappa shape index (κ2) is 6.15. The maximum Gasteiger partial charge on any atom is 0.228 e. The van der Waals surface area contributed by atoms with Gasteiger partial charge in [0.05, 0.1) is 0 Å². The average Bonchev–Trinajstić information content (AvgIpc) is 2.80. The normalized spacial score (nSPS) is 21.9. The van der Waals surface area contributed by atoms with Crippen molar-refractivity contribution in [1.82, 2.24) is 9.80 Å². The Hall–Kier alpha value is -1.06. The molecule has 0 aromatic rings. The first-order chi connectivity index (χ1) is 9.39. The van der Waals surface area contributed by atoms with Gasteiger partial charge in [-0.1, -0.05) is 33.6 Å². The van der Waals surface area contributed by atoms with E-state index in [1.54, 1.807) is 0 Å². The molecular formula is C16H28N2O2. The van der Waals surface area contributed by atoms with Crippen molar-refractivity contribution >= 4 is 11.8 Å². The summed E-state index contributed by atoms with van der Waals surface area (Å²) in [5, 5.41) is 0. The van der Waals surface area contributed by atoms with Crippen LogP contribution in [-0.2, 0) is 9.59 Å². The summed E-state index contributed by atoms with van der Waals surface area (Å²) < 4.78 is 0. The molecule has 114 valence electrons. The van der Waals surface area contributed by atoms with Crippen LogP contribution in [0.15, 0.2) is 0 Å². The van der Waals surface area contributed by atoms with Crippen molar-refractivity contribution in [3.63, 3.8) is 0 Å². The van der Waals surface area contributed by atoms with E-state index in [9.17, 15) is 9.59 Å². The fourth-order valence-corrected chi connectivity index (χ4v) is 3.25. The Kier molecular flexibility index (Phi) is 4.71. The molecule has 2 rings (SSSR count). The van der Waals surface area contributed by atoms with E-state index in [0.29, 0.717) is 19.0 Å². The number of nitrogens with zero attached hydrogens (tertiary/aromatic N) is 2. The van der Waals surface area contributed by atoms with Gasteiger partial charge in [-0.2, -0.15) is 0 Å². The summed E-state index contributed by atoms with van der Waals surface area (Å²) in [4.78, 5) is 28.7. The lowest BCUT2D eigenvalue weighted by Gasteiger charge is -2.28. The number of rotatable bonds is 1. The zero-order chi connectivity index (χ0) is 14.8. The Morgan fingerprint density at radius 3 is 2.00 bits per heavy atom. The molecule has 4 nitrogen and oxygen atoms in total. The quantitative estimate of drug-likeness (QED) is 0.739. The van der Waals surface area contributed by atoms with Gasteiger partial charge >= 0.3 is 0 Å². The van der Waals surface area contributed by atoms with Gasteiger partial charge in [0.2, 0.25) is 11.8 Å². The average molecular weight is 280 g/mol. The zero-order valence-electron chi connectivity index (χ0n) is 13.2. The highest BCUT2D eigenvalue weighted by atomic mass is 16.2. The van der Waals surface area contributed by atoms with Gasteiger partial charge in [-0.25, -0.2) is 0 Å². The van der Waals surface area contributed by atoms with Crippen molar-refractivity contribution in [2.24, 2.45) is 11.3 Å². The first kappa shape index (κ1) is 15.3. The number of carbonyl (C=O) groups excluding carboxylic acids is 2. The summed E-state index contributed by atoms with van der Waals surface area (Å²) in [6, 6.07) is 0. The van der Waals surface area contributed by atoms with Crippen molar-refractivity contribution in [1.29, 1.82) is 0 Å². The van der Waals surface area contributed by atoms with Crippen LogP contribution in [0.1, 0.15) is 52.9 Å². The summed E-state index contributed by atoms with van der Waals surface area (Å²) in [6.45, 7) is 8.87. The number of hydrogen-bond donors (Lipinski definition) is 0. The predicted octanol–water partition coefficient (Wildman–Crippen LogP) is 2.28. The van der Waals surface area contributed by atoms with Gasteiger partial charge in [-0.05, 0) is 19.3 Å². The van der Waals surface area contributed by atoms with Crippen LogP contribution >= 0.6 is 0 Å². The third-order valence-corrected chi connectivity index (χ3v) is 4.44. The van der Waals surface area contributed by atoms with Gasteiger partial charge < -0.3 is 9.80 Å². The molecule has 0 radical (unpaired) electrons. The highest BCUT2D eigenvalue weighted by Gasteiger charge is 2.31. The van der Waals surface area contributed by atoms with E-state index in [4.69, 9.17) is 0 Å². The molecule has 0 bridgehead atoms. The van der Waals surface area contributed by atoms with Crippen molar-refractivity contribution in [3.05, 3.63) is 0 Å². The molecule has 20 heavy (non-hydrogen) atoms. The number of amides is 2. The number of hydrogen-bond acceptors (Lipinski definition) is 2. The van der Waals surface area contributed by atoms with Crippen LogP contribution in [0, 0.1) is 11.3 Å². The molecule has 0 aromatic carbocycles. The molecule has 1 aliphatic carbocycles. The molecule has 1 heterocycles. The van der Waals surface area contributed by atoms with Crippen LogP contribution in [0.25, 0.3) is 0 Å². The van der Waals surface area contributed by atoms with Crippen LogP contribution in [0.2, 0.25) is 0 Å². The van der Waals surface area contributed by atoms with E-state index in [1.165, 1.54) is 12.8 Å². The van der Waals surface area contributed by atoms with E-state index in [1.807, 2.05) is 30.6 Å². The molecule has 0 atom stereocenters. The minimum Gasteiger partial charge on any atom is -0.341 e. The van der Waals surface area contributed by atoms with Crippen LogP contribution in [0.4, 0.5) is 0 Å². The molecule has 4 heteroatoms. The molecule has 0 N–H and O–H groups in total. The largest absolute Gasteiger partial charge is 0.341 e. The van der Waals surface area contributed by atoms with Crippen molar-refractivity contribution in [2.75, 3.05) is 26.2 Å². The molecule has 1 saturated carbocycles. The SMILES string of the molecule is CC(C)(C)C(=O)N1CCCN(C(=O)C2CCCC2)CC1. The summed E-state index contributed by atoms with van der Waals surface area (Å²) in [5.41, 5.74) is -0.329. The van der Waals surface area contributed by atoms with E-state index < -0.39 is 0 Å². The van der Waals surface area contributed by atoms with Gasteiger partial charge in [0.25, 0.3) is 0 Å². The first-order valence-corrected chi connectivity index (χ1v) is 7.98. The van der Waals surface area contributed by atoms with E-state index in [0.717, 1.165) is 32.4 Å². The summed E-state index contributed by atoms with van der Waals surface area (Å²) >= 11 is 0. The van der Waals surface area contributed by atoms with Gasteiger partial charge in [-0.15, -0.1) is 0 Å². The summed E-state index contributed by atoms with van der Waals surface area (Å²) in [7, 11) is 0. The van der Waals surface area contributed by atoms with Gasteiger partial charge in [0.15, 0.2) is 0 Å². The smallest absolute Gasteiger partial charge is 0.228 e. The van der Waals surface area contributed by atoms with Crippen LogP contribution < -0.4 is 0 Å². The molecule has 0 aromatic heterocycles. The van der Waals surface area contributed by atoms with Crippen LogP contribution in [0.3, 0.4) is 0 Å². The molecule has 1 saturated heterocycles. The Bertz CT molecular complexity index is 367. The fraction of sp³-hybridized carbons (Fsp3) is 0.875. The lowest BCUT2D eigenvalue weighted by Crippen LogP contribution is -2.43. The van der Waals surface area contributed by atoms with Crippen molar-refractivity contribution in [2.45, 2.75) is 52.9 Å². The third-order valence-electron chi connectivity index (χ3n) is 4.44. The molecule has 2 amide bonds. The Morgan fingerprint density at radius 1 is 0.850 bits per heavy atom. The van der Waals surface area contributed by atoms with E-state index in [-0.39, 0.29) is 17.2 Å². The Morgan fingerprint density at radius 2 is 1.40 bits per heavy atom. The van der Waals surface area contributed by atoms with Gasteiger partial charge in [-0.3, -0.25) is 9.59 Å². The monoisotopic (exact) mass is 280 g/mol. The van der Waals surface area contributed by atoms with Gasteiger partial charge in [0, 0.05) is 37.5 Å². The maximum atomic E-state index is 12.4. The summed E-state index contributed by atoms with van der Waals surface area (Å²) in [6.07, 6.45) is 5.40. The zero-order valence-corrected chi connectivity index (χ0v) is 13.2. The highest BCUT2D eigenvalue weighted by molar-refractivity contribution is 5.82. The third kappa shape index (κ3) is 3.53. The minimum atomic E-state index is -0.329. The predicted molar refractivity (Wildman–Crippen MR) is 79.2 cm³/mol. The van der Waals surface area contributed by atoms with Crippen LogP contribution in [0.5, 0.6) is 0 Å². The Balaban J connectivity index is 1.92. The summed E-state index contributed by atoms with van der Waals surface area (Å²) in [5.74, 6) is 0.778. The molecule has 2 aliphatic rings. The molecule has 0 unspecified atom stereocenters. The lowest BCUT2D eigenvalue weighted by atomic mass is 9.94. The Labute approximate surface area is 122 Å². The maximum absolute atomic E-state index is 12.4. The van der Waals surface area contributed by atoms with E-state index >= 15 is 0 Å². The second-order valence-electron chi connectivity index (χ2n) is 7.20. The molecule has 1 aliphatic heterocycles. The number of carbonyl (C=O) groups is 2. The highest BCUT2D eigenvalue weighted by Crippen LogP contribution is 2.27. The molecule has 2 fully saturated rings. The van der Waals surface area contributed by atoms with Gasteiger partial charge in [0.1, 0.15) is 0 Å². The molecular weight excluding hydrogens is 252 g/mol.